The first-order valence-electron chi connectivity index (χ1n) is 11.6. The first kappa shape index (κ1) is 17.7. The zero-order valence-electron chi connectivity index (χ0n) is 18.3. The van der Waals surface area contributed by atoms with Crippen molar-refractivity contribution < 1.29 is 0 Å². The number of benzene rings is 4. The predicted molar refractivity (Wildman–Crippen MR) is 135 cm³/mol. The number of aryl methyl sites for hydroxylation is 4. The molecule has 0 bridgehead atoms. The maximum atomic E-state index is 2.52. The summed E-state index contributed by atoms with van der Waals surface area (Å²) < 4.78 is 0. The number of fused-ring (bicyclic) bond motifs is 5. The highest BCUT2D eigenvalue weighted by atomic mass is 14.5. The molecule has 3 aliphatic rings. The zero-order valence-corrected chi connectivity index (χ0v) is 18.3. The standard InChI is InChI=1S/C29H24B2/c30-23-9-11-25-26-12-10-24(31)16-28(26)29(27(25)15-23,21-7-5-17-1-3-19(17)13-21)22-8-6-18-2-4-20(18)14-22/h5-16H,1-4,30-31H2. The van der Waals surface area contributed by atoms with Crippen molar-refractivity contribution in [2.75, 3.05) is 0 Å². The molecular weight excluding hydrogens is 370 g/mol. The highest BCUT2D eigenvalue weighted by Crippen LogP contribution is 2.56. The highest BCUT2D eigenvalue weighted by Gasteiger charge is 2.47. The maximum absolute atomic E-state index is 2.52. The number of hydrogen-bond donors (Lipinski definition) is 0. The van der Waals surface area contributed by atoms with Crippen molar-refractivity contribution in [1.29, 1.82) is 0 Å². The molecule has 0 radical (unpaired) electrons. The molecule has 31 heavy (non-hydrogen) atoms. The van der Waals surface area contributed by atoms with E-state index in [0.717, 1.165) is 0 Å². The van der Waals surface area contributed by atoms with Crippen LogP contribution in [0.5, 0.6) is 0 Å². The average molecular weight is 394 g/mol. The van der Waals surface area contributed by atoms with Gasteiger partial charge < -0.3 is 0 Å². The molecule has 0 N–H and O–H groups in total. The van der Waals surface area contributed by atoms with Crippen LogP contribution in [0, 0.1) is 0 Å². The zero-order chi connectivity index (χ0) is 20.7. The molecule has 0 fully saturated rings. The van der Waals surface area contributed by atoms with Crippen LogP contribution >= 0.6 is 0 Å². The number of rotatable bonds is 2. The summed E-state index contributed by atoms with van der Waals surface area (Å²) in [7, 11) is 4.46. The van der Waals surface area contributed by atoms with Gasteiger partial charge in [-0.2, -0.15) is 0 Å². The third-order valence-electron chi connectivity index (χ3n) is 8.05. The van der Waals surface area contributed by atoms with E-state index < -0.39 is 0 Å². The van der Waals surface area contributed by atoms with Crippen molar-refractivity contribution in [2.45, 2.75) is 31.1 Å². The summed E-state index contributed by atoms with van der Waals surface area (Å²) in [4.78, 5) is 0. The van der Waals surface area contributed by atoms with Gasteiger partial charge in [-0.15, -0.1) is 0 Å². The van der Waals surface area contributed by atoms with Crippen LogP contribution in [0.3, 0.4) is 0 Å². The van der Waals surface area contributed by atoms with E-state index in [4.69, 9.17) is 0 Å². The lowest BCUT2D eigenvalue weighted by atomic mass is 9.64. The van der Waals surface area contributed by atoms with Gasteiger partial charge in [0.2, 0.25) is 0 Å². The van der Waals surface area contributed by atoms with Gasteiger partial charge in [-0.3, -0.25) is 0 Å². The van der Waals surface area contributed by atoms with E-state index in [1.807, 2.05) is 0 Å². The summed E-state index contributed by atoms with van der Waals surface area (Å²) in [5.41, 5.74) is 17.1. The molecule has 2 heteroatoms. The second kappa shape index (κ2) is 6.04. The van der Waals surface area contributed by atoms with Crippen molar-refractivity contribution in [3.8, 4) is 11.1 Å². The first-order valence-corrected chi connectivity index (χ1v) is 11.6. The molecule has 4 aromatic rings. The Balaban J connectivity index is 1.65. The van der Waals surface area contributed by atoms with Gasteiger partial charge in [0.15, 0.2) is 0 Å². The van der Waals surface area contributed by atoms with Crippen LogP contribution in [-0.2, 0) is 31.1 Å². The minimum absolute atomic E-state index is 0.238. The van der Waals surface area contributed by atoms with Crippen molar-refractivity contribution in [1.82, 2.24) is 0 Å². The monoisotopic (exact) mass is 394 g/mol. The van der Waals surface area contributed by atoms with Crippen LogP contribution in [0.1, 0.15) is 44.5 Å². The average Bonchev–Trinajstić information content (AvgIpc) is 2.99. The molecule has 3 aliphatic carbocycles. The third kappa shape index (κ3) is 2.23. The Morgan fingerprint density at radius 2 is 0.935 bits per heavy atom. The largest absolute Gasteiger partial charge is 0.139 e. The molecule has 7 rings (SSSR count). The normalized spacial score (nSPS) is 16.4. The van der Waals surface area contributed by atoms with Crippen LogP contribution in [-0.4, -0.2) is 15.7 Å². The fourth-order valence-electron chi connectivity index (χ4n) is 6.20. The molecule has 0 spiro atoms. The predicted octanol–water partition coefficient (Wildman–Crippen LogP) is 2.76. The van der Waals surface area contributed by atoms with Crippen molar-refractivity contribution in [2.24, 2.45) is 0 Å². The van der Waals surface area contributed by atoms with Crippen molar-refractivity contribution in [3.63, 3.8) is 0 Å². The van der Waals surface area contributed by atoms with Gasteiger partial charge in [0.05, 0.1) is 5.41 Å². The lowest BCUT2D eigenvalue weighted by Gasteiger charge is -2.37. The highest BCUT2D eigenvalue weighted by molar-refractivity contribution is 6.33. The minimum atomic E-state index is -0.238. The van der Waals surface area contributed by atoms with Crippen molar-refractivity contribution in [3.05, 3.63) is 117 Å². The fourth-order valence-corrected chi connectivity index (χ4v) is 6.20. The Labute approximate surface area is 186 Å². The molecule has 0 heterocycles. The Kier molecular flexibility index (Phi) is 3.44. The third-order valence-corrected chi connectivity index (χ3v) is 8.05. The van der Waals surface area contributed by atoms with E-state index in [2.05, 4.69) is 88.5 Å². The topological polar surface area (TPSA) is 0 Å². The minimum Gasteiger partial charge on any atom is -0.0886 e. The Morgan fingerprint density at radius 1 is 0.484 bits per heavy atom. The SMILES string of the molecule is Bc1ccc2c(c1)C(c1ccc3c(c1)CC3)(c1ccc3c(c1)CC3)c1cc(B)ccc1-2. The van der Waals surface area contributed by atoms with Gasteiger partial charge >= 0.3 is 0 Å². The van der Waals surface area contributed by atoms with Crippen molar-refractivity contribution >= 4 is 26.6 Å². The van der Waals surface area contributed by atoms with E-state index in [-0.39, 0.29) is 5.41 Å². The maximum Gasteiger partial charge on any atom is 0.139 e. The molecule has 0 nitrogen and oxygen atoms in total. The summed E-state index contributed by atoms with van der Waals surface area (Å²) in [6, 6.07) is 28.8. The molecular formula is C29H24B2. The van der Waals surface area contributed by atoms with Gasteiger partial charge in [-0.1, -0.05) is 83.7 Å². The Bertz CT molecular complexity index is 1300. The quantitative estimate of drug-likeness (QED) is 0.404. The van der Waals surface area contributed by atoms with E-state index in [9.17, 15) is 0 Å². The lowest BCUT2D eigenvalue weighted by Crippen LogP contribution is -2.31. The Morgan fingerprint density at radius 3 is 1.32 bits per heavy atom. The first-order chi connectivity index (χ1) is 15.1. The summed E-state index contributed by atoms with van der Waals surface area (Å²) in [5.74, 6) is 0. The molecule has 0 aliphatic heterocycles. The van der Waals surface area contributed by atoms with Crippen LogP contribution in [0.15, 0.2) is 72.8 Å². The van der Waals surface area contributed by atoms with Crippen LogP contribution in [0.25, 0.3) is 11.1 Å². The van der Waals surface area contributed by atoms with Gasteiger partial charge in [0.1, 0.15) is 15.7 Å². The van der Waals surface area contributed by atoms with Gasteiger partial charge in [-0.05, 0) is 81.3 Å². The summed E-state index contributed by atoms with van der Waals surface area (Å²) in [5, 5.41) is 0. The molecule has 0 saturated heterocycles. The molecule has 4 aromatic carbocycles. The molecule has 0 atom stereocenters. The fraction of sp³-hybridized carbons (Fsp3) is 0.172. The van der Waals surface area contributed by atoms with E-state index in [1.54, 1.807) is 0 Å². The van der Waals surface area contributed by atoms with Crippen LogP contribution in [0.2, 0.25) is 0 Å². The molecule has 0 aromatic heterocycles. The van der Waals surface area contributed by atoms with Gasteiger partial charge in [0.25, 0.3) is 0 Å². The lowest BCUT2D eigenvalue weighted by molar-refractivity contribution is 0.741. The van der Waals surface area contributed by atoms with E-state index in [1.165, 1.54) is 92.2 Å². The molecule has 0 unspecified atom stereocenters. The van der Waals surface area contributed by atoms with Gasteiger partial charge in [-0.25, -0.2) is 0 Å². The van der Waals surface area contributed by atoms with Crippen LogP contribution < -0.4 is 10.9 Å². The molecule has 0 saturated carbocycles. The molecule has 0 amide bonds. The second-order valence-corrected chi connectivity index (χ2v) is 9.82. The van der Waals surface area contributed by atoms with Crippen LogP contribution in [0.4, 0.5) is 0 Å². The second-order valence-electron chi connectivity index (χ2n) is 9.82. The van der Waals surface area contributed by atoms with Gasteiger partial charge in [0, 0.05) is 0 Å². The van der Waals surface area contributed by atoms with E-state index in [0.29, 0.717) is 0 Å². The summed E-state index contributed by atoms with van der Waals surface area (Å²) in [6.07, 6.45) is 4.88. The molecule has 146 valence electrons. The summed E-state index contributed by atoms with van der Waals surface area (Å²) >= 11 is 0. The number of hydrogen-bond acceptors (Lipinski definition) is 0. The smallest absolute Gasteiger partial charge is 0.0886 e. The summed E-state index contributed by atoms with van der Waals surface area (Å²) in [6.45, 7) is 0. The van der Waals surface area contributed by atoms with E-state index >= 15 is 0 Å². The Hall–Kier alpha value is -2.99.